The van der Waals surface area contributed by atoms with Crippen LogP contribution in [0.25, 0.3) is 0 Å². The summed E-state index contributed by atoms with van der Waals surface area (Å²) in [6.07, 6.45) is 3.79. The first-order valence-electron chi connectivity index (χ1n) is 8.80. The second kappa shape index (κ2) is 7.33. The van der Waals surface area contributed by atoms with E-state index < -0.39 is 11.6 Å². The molecule has 1 aliphatic rings. The number of nitrogens with one attached hydrogen (secondary N) is 1. The van der Waals surface area contributed by atoms with Crippen LogP contribution >= 0.6 is 0 Å². The number of aromatic nitrogens is 3. The predicted molar refractivity (Wildman–Crippen MR) is 94.5 cm³/mol. The van der Waals surface area contributed by atoms with Crippen molar-refractivity contribution in [3.63, 3.8) is 0 Å². The van der Waals surface area contributed by atoms with Gasteiger partial charge in [-0.05, 0) is 36.1 Å². The van der Waals surface area contributed by atoms with Crippen molar-refractivity contribution in [3.8, 4) is 0 Å². The molecule has 2 atom stereocenters. The summed E-state index contributed by atoms with van der Waals surface area (Å²) in [7, 11) is 0. The zero-order valence-corrected chi connectivity index (χ0v) is 14.3. The number of benzene rings is 2. The highest BCUT2D eigenvalue weighted by Crippen LogP contribution is 2.41. The fourth-order valence-corrected chi connectivity index (χ4v) is 3.18. The third-order valence-corrected chi connectivity index (χ3v) is 4.77. The third kappa shape index (κ3) is 3.96. The van der Waals surface area contributed by atoms with Gasteiger partial charge < -0.3 is 5.32 Å². The molecule has 0 radical (unpaired) electrons. The van der Waals surface area contributed by atoms with Crippen molar-refractivity contribution in [1.29, 1.82) is 0 Å². The van der Waals surface area contributed by atoms with E-state index in [1.807, 2.05) is 29.1 Å². The summed E-state index contributed by atoms with van der Waals surface area (Å²) in [6, 6.07) is 14.7. The highest BCUT2D eigenvalue weighted by molar-refractivity contribution is 5.29. The summed E-state index contributed by atoms with van der Waals surface area (Å²) in [6.45, 7) is 1.41. The van der Waals surface area contributed by atoms with Gasteiger partial charge in [0.25, 0.3) is 0 Å². The van der Waals surface area contributed by atoms with Crippen molar-refractivity contribution < 1.29 is 8.78 Å². The van der Waals surface area contributed by atoms with Gasteiger partial charge in [0.1, 0.15) is 0 Å². The maximum absolute atomic E-state index is 13.3. The molecule has 26 heavy (non-hydrogen) atoms. The van der Waals surface area contributed by atoms with Crippen LogP contribution in [0.4, 0.5) is 8.78 Å². The van der Waals surface area contributed by atoms with E-state index in [0.717, 1.165) is 30.6 Å². The zero-order valence-electron chi connectivity index (χ0n) is 14.3. The summed E-state index contributed by atoms with van der Waals surface area (Å²) in [5, 5.41) is 11.8. The van der Waals surface area contributed by atoms with Gasteiger partial charge in [-0.25, -0.2) is 8.78 Å². The van der Waals surface area contributed by atoms with Gasteiger partial charge in [0.2, 0.25) is 0 Å². The maximum atomic E-state index is 13.3. The van der Waals surface area contributed by atoms with Crippen LogP contribution in [-0.2, 0) is 19.5 Å². The minimum Gasteiger partial charge on any atom is -0.308 e. The Morgan fingerprint density at radius 3 is 2.73 bits per heavy atom. The lowest BCUT2D eigenvalue weighted by atomic mass is 10.1. The molecule has 3 aromatic rings. The number of aryl methyl sites for hydroxylation is 2. The molecule has 4 rings (SSSR count). The van der Waals surface area contributed by atoms with E-state index in [2.05, 4.69) is 27.8 Å². The Kier molecular flexibility index (Phi) is 4.75. The van der Waals surface area contributed by atoms with Gasteiger partial charge in [0.05, 0.1) is 5.69 Å². The molecule has 6 heteroatoms. The van der Waals surface area contributed by atoms with Crippen molar-refractivity contribution in [2.24, 2.45) is 0 Å². The van der Waals surface area contributed by atoms with E-state index >= 15 is 0 Å². The van der Waals surface area contributed by atoms with Crippen molar-refractivity contribution in [3.05, 3.63) is 83.2 Å². The van der Waals surface area contributed by atoms with E-state index in [1.54, 1.807) is 6.07 Å². The molecule has 1 heterocycles. The van der Waals surface area contributed by atoms with E-state index in [1.165, 1.54) is 17.7 Å². The normalized spacial score (nSPS) is 18.8. The molecule has 1 aromatic heterocycles. The van der Waals surface area contributed by atoms with E-state index in [0.29, 0.717) is 6.54 Å². The molecule has 1 aliphatic carbocycles. The Morgan fingerprint density at radius 2 is 1.92 bits per heavy atom. The van der Waals surface area contributed by atoms with Gasteiger partial charge in [-0.3, -0.25) is 4.68 Å². The molecule has 1 N–H and O–H groups in total. The molecule has 0 unspecified atom stereocenters. The van der Waals surface area contributed by atoms with Gasteiger partial charge in [0.15, 0.2) is 11.6 Å². The quantitative estimate of drug-likeness (QED) is 0.707. The molecule has 0 aliphatic heterocycles. The number of halogens is 2. The van der Waals surface area contributed by atoms with Gasteiger partial charge in [-0.15, -0.1) is 5.10 Å². The second-order valence-corrected chi connectivity index (χ2v) is 6.71. The zero-order chi connectivity index (χ0) is 17.9. The first kappa shape index (κ1) is 16.8. The molecule has 0 amide bonds. The van der Waals surface area contributed by atoms with Crippen LogP contribution in [0.5, 0.6) is 0 Å². The van der Waals surface area contributed by atoms with Gasteiger partial charge in [0, 0.05) is 31.2 Å². The van der Waals surface area contributed by atoms with Crippen molar-refractivity contribution >= 4 is 0 Å². The summed E-state index contributed by atoms with van der Waals surface area (Å²) in [5.74, 6) is -1.35. The molecule has 1 fully saturated rings. The average Bonchev–Trinajstić information content (AvgIpc) is 3.30. The maximum Gasteiger partial charge on any atom is 0.159 e. The fraction of sp³-hybridized carbons (Fsp3) is 0.300. The molecule has 134 valence electrons. The molecule has 0 bridgehead atoms. The first-order valence-corrected chi connectivity index (χ1v) is 8.80. The minimum atomic E-state index is -0.800. The predicted octanol–water partition coefficient (Wildman–Crippen LogP) is 3.44. The first-order chi connectivity index (χ1) is 12.7. The lowest BCUT2D eigenvalue weighted by Crippen LogP contribution is -2.17. The largest absolute Gasteiger partial charge is 0.308 e. The molecular formula is C20H20F2N4. The van der Waals surface area contributed by atoms with Gasteiger partial charge >= 0.3 is 0 Å². The summed E-state index contributed by atoms with van der Waals surface area (Å²) >= 11 is 0. The Hall–Kier alpha value is -2.60. The standard InChI is InChI=1S/C20H20F2N4/c21-18-7-6-15(10-19(18)22)17-11-20(17)23-12-16-13-26(25-24-16)9-8-14-4-2-1-3-5-14/h1-7,10,13,17,20,23H,8-9,11-12H2/t17-,20+/m0/s1. The number of hydrogen-bond acceptors (Lipinski definition) is 3. The molecule has 1 saturated carbocycles. The summed E-state index contributed by atoms with van der Waals surface area (Å²) < 4.78 is 28.2. The monoisotopic (exact) mass is 354 g/mol. The molecule has 2 aromatic carbocycles. The van der Waals surface area contributed by atoms with Crippen LogP contribution in [0.1, 0.15) is 29.2 Å². The molecule has 0 spiro atoms. The number of rotatable bonds is 7. The van der Waals surface area contributed by atoms with Crippen LogP contribution in [0.2, 0.25) is 0 Å². The van der Waals surface area contributed by atoms with Crippen LogP contribution < -0.4 is 5.32 Å². The smallest absolute Gasteiger partial charge is 0.159 e. The number of hydrogen-bond donors (Lipinski definition) is 1. The van der Waals surface area contributed by atoms with Crippen LogP contribution in [0.15, 0.2) is 54.7 Å². The lowest BCUT2D eigenvalue weighted by molar-refractivity contribution is 0.506. The minimum absolute atomic E-state index is 0.234. The van der Waals surface area contributed by atoms with Crippen molar-refractivity contribution in [2.75, 3.05) is 0 Å². The number of nitrogens with zero attached hydrogens (tertiary/aromatic N) is 3. The highest BCUT2D eigenvalue weighted by Gasteiger charge is 2.38. The Bertz CT molecular complexity index is 879. The van der Waals surface area contributed by atoms with E-state index in [4.69, 9.17) is 0 Å². The lowest BCUT2D eigenvalue weighted by Gasteiger charge is -2.03. The van der Waals surface area contributed by atoms with Crippen LogP contribution in [0, 0.1) is 11.6 Å². The van der Waals surface area contributed by atoms with Crippen LogP contribution in [0.3, 0.4) is 0 Å². The van der Waals surface area contributed by atoms with Crippen molar-refractivity contribution in [1.82, 2.24) is 20.3 Å². The SMILES string of the molecule is Fc1ccc([C@@H]2C[C@H]2NCc2cn(CCc3ccccc3)nn2)cc1F. The Morgan fingerprint density at radius 1 is 1.08 bits per heavy atom. The highest BCUT2D eigenvalue weighted by atomic mass is 19.2. The van der Waals surface area contributed by atoms with Gasteiger partial charge in [-0.2, -0.15) is 0 Å². The third-order valence-electron chi connectivity index (χ3n) is 4.77. The molecular weight excluding hydrogens is 334 g/mol. The Labute approximate surface area is 150 Å². The van der Waals surface area contributed by atoms with Gasteiger partial charge in [-0.1, -0.05) is 41.6 Å². The Balaban J connectivity index is 1.26. The topological polar surface area (TPSA) is 42.7 Å². The second-order valence-electron chi connectivity index (χ2n) is 6.71. The van der Waals surface area contributed by atoms with Crippen LogP contribution in [-0.4, -0.2) is 21.0 Å². The molecule has 0 saturated heterocycles. The van der Waals surface area contributed by atoms with E-state index in [9.17, 15) is 8.78 Å². The summed E-state index contributed by atoms with van der Waals surface area (Å²) in [5.41, 5.74) is 3.00. The van der Waals surface area contributed by atoms with Crippen molar-refractivity contribution in [2.45, 2.75) is 37.9 Å². The molecule has 4 nitrogen and oxygen atoms in total. The van der Waals surface area contributed by atoms with E-state index in [-0.39, 0.29) is 12.0 Å². The average molecular weight is 354 g/mol. The fourth-order valence-electron chi connectivity index (χ4n) is 3.18. The summed E-state index contributed by atoms with van der Waals surface area (Å²) in [4.78, 5) is 0.